The summed E-state index contributed by atoms with van der Waals surface area (Å²) in [6, 6.07) is 19.4. The molecule has 0 atom stereocenters. The van der Waals surface area contributed by atoms with Crippen LogP contribution in [-0.2, 0) is 4.74 Å². The molecule has 6 nitrogen and oxygen atoms in total. The van der Waals surface area contributed by atoms with Gasteiger partial charge in [0.15, 0.2) is 5.69 Å². The summed E-state index contributed by atoms with van der Waals surface area (Å²) >= 11 is 0. The molecule has 0 bridgehead atoms. The number of ether oxygens (including phenoxy) is 1. The normalized spacial score (nSPS) is 10.2. The highest BCUT2D eigenvalue weighted by molar-refractivity contribution is 6.03. The number of nitrogens with one attached hydrogen (secondary N) is 1. The summed E-state index contributed by atoms with van der Waals surface area (Å²) in [5.41, 5.74) is 2.82. The Labute approximate surface area is 150 Å². The number of benzene rings is 2. The summed E-state index contributed by atoms with van der Waals surface area (Å²) in [5, 5.41) is 10.8. The van der Waals surface area contributed by atoms with Gasteiger partial charge < -0.3 is 10.1 Å². The van der Waals surface area contributed by atoms with Gasteiger partial charge in [-0.2, -0.15) is 0 Å². The number of rotatable bonds is 5. The van der Waals surface area contributed by atoms with Crippen molar-refractivity contribution in [3.05, 3.63) is 78.0 Å². The van der Waals surface area contributed by atoms with E-state index in [1.165, 1.54) is 0 Å². The third-order valence-corrected chi connectivity index (χ3v) is 3.62. The van der Waals surface area contributed by atoms with Gasteiger partial charge in [0.25, 0.3) is 5.91 Å². The molecule has 26 heavy (non-hydrogen) atoms. The highest BCUT2D eigenvalue weighted by atomic mass is 16.5. The van der Waals surface area contributed by atoms with Crippen molar-refractivity contribution < 1.29 is 14.3 Å². The standard InChI is InChI=1S/C20H17N3O3/c1-2-26-20(25)15-8-10-16(11-9-15)21-19(24)18-13-12-17(22-23-18)14-6-4-3-5-7-14/h3-13H,2H2,1H3,(H,21,24). The number of aromatic nitrogens is 2. The second kappa shape index (κ2) is 8.02. The first kappa shape index (κ1) is 17.3. The minimum absolute atomic E-state index is 0.208. The molecule has 1 amide bonds. The molecule has 130 valence electrons. The Balaban J connectivity index is 1.67. The van der Waals surface area contributed by atoms with E-state index in [1.54, 1.807) is 43.3 Å². The van der Waals surface area contributed by atoms with Crippen molar-refractivity contribution in [2.75, 3.05) is 11.9 Å². The van der Waals surface area contributed by atoms with Crippen LogP contribution < -0.4 is 5.32 Å². The van der Waals surface area contributed by atoms with Crippen LogP contribution in [0.15, 0.2) is 66.7 Å². The molecule has 0 saturated heterocycles. The van der Waals surface area contributed by atoms with Crippen molar-refractivity contribution in [3.8, 4) is 11.3 Å². The molecule has 0 aliphatic rings. The first-order valence-electron chi connectivity index (χ1n) is 8.15. The molecule has 0 spiro atoms. The predicted octanol–water partition coefficient (Wildman–Crippen LogP) is 3.57. The topological polar surface area (TPSA) is 81.2 Å². The maximum atomic E-state index is 12.3. The summed E-state index contributed by atoms with van der Waals surface area (Å²) in [6.07, 6.45) is 0. The Morgan fingerprint density at radius 1 is 0.923 bits per heavy atom. The molecule has 0 aliphatic carbocycles. The first-order chi connectivity index (χ1) is 12.7. The average Bonchev–Trinajstić information content (AvgIpc) is 2.69. The van der Waals surface area contributed by atoms with Crippen LogP contribution in [0.5, 0.6) is 0 Å². The zero-order valence-corrected chi connectivity index (χ0v) is 14.2. The van der Waals surface area contributed by atoms with Crippen LogP contribution in [-0.4, -0.2) is 28.7 Å². The number of hydrogen-bond acceptors (Lipinski definition) is 5. The van der Waals surface area contributed by atoms with Gasteiger partial charge in [0.2, 0.25) is 0 Å². The molecule has 0 saturated carbocycles. The third-order valence-electron chi connectivity index (χ3n) is 3.62. The zero-order chi connectivity index (χ0) is 18.4. The SMILES string of the molecule is CCOC(=O)c1ccc(NC(=O)c2ccc(-c3ccccc3)nn2)cc1. The summed E-state index contributed by atoms with van der Waals surface area (Å²) in [4.78, 5) is 23.9. The van der Waals surface area contributed by atoms with Gasteiger partial charge in [-0.05, 0) is 43.3 Å². The van der Waals surface area contributed by atoms with Crippen LogP contribution in [0, 0.1) is 0 Å². The molecule has 1 aromatic heterocycles. The van der Waals surface area contributed by atoms with E-state index >= 15 is 0 Å². The average molecular weight is 347 g/mol. The monoisotopic (exact) mass is 347 g/mol. The summed E-state index contributed by atoms with van der Waals surface area (Å²) in [7, 11) is 0. The van der Waals surface area contributed by atoms with Crippen molar-refractivity contribution in [1.82, 2.24) is 10.2 Å². The number of hydrogen-bond donors (Lipinski definition) is 1. The van der Waals surface area contributed by atoms with E-state index in [1.807, 2.05) is 30.3 Å². The molecule has 1 N–H and O–H groups in total. The maximum absolute atomic E-state index is 12.3. The van der Waals surface area contributed by atoms with E-state index in [4.69, 9.17) is 4.74 Å². The molecular formula is C20H17N3O3. The van der Waals surface area contributed by atoms with Crippen LogP contribution in [0.3, 0.4) is 0 Å². The Morgan fingerprint density at radius 2 is 1.65 bits per heavy atom. The van der Waals surface area contributed by atoms with Gasteiger partial charge in [0.05, 0.1) is 17.9 Å². The largest absolute Gasteiger partial charge is 0.462 e. The number of esters is 1. The van der Waals surface area contributed by atoms with Crippen LogP contribution in [0.4, 0.5) is 5.69 Å². The van der Waals surface area contributed by atoms with Crippen molar-refractivity contribution >= 4 is 17.6 Å². The molecule has 0 unspecified atom stereocenters. The minimum Gasteiger partial charge on any atom is -0.462 e. The van der Waals surface area contributed by atoms with Gasteiger partial charge in [-0.3, -0.25) is 4.79 Å². The minimum atomic E-state index is -0.396. The van der Waals surface area contributed by atoms with Gasteiger partial charge in [-0.1, -0.05) is 30.3 Å². The van der Waals surface area contributed by atoms with E-state index < -0.39 is 5.97 Å². The fourth-order valence-corrected chi connectivity index (χ4v) is 2.32. The summed E-state index contributed by atoms with van der Waals surface area (Å²) < 4.78 is 4.92. The second-order valence-corrected chi connectivity index (χ2v) is 5.42. The molecule has 3 aromatic rings. The van der Waals surface area contributed by atoms with E-state index in [0.29, 0.717) is 23.6 Å². The highest BCUT2D eigenvalue weighted by Crippen LogP contribution is 2.16. The Kier molecular flexibility index (Phi) is 5.34. The number of nitrogens with zero attached hydrogens (tertiary/aromatic N) is 2. The smallest absolute Gasteiger partial charge is 0.338 e. The Hall–Kier alpha value is -3.54. The lowest BCUT2D eigenvalue weighted by atomic mass is 10.1. The second-order valence-electron chi connectivity index (χ2n) is 5.42. The number of carbonyl (C=O) groups excluding carboxylic acids is 2. The molecule has 2 aromatic carbocycles. The van der Waals surface area contributed by atoms with Gasteiger partial charge >= 0.3 is 5.97 Å². The fourth-order valence-electron chi connectivity index (χ4n) is 2.32. The van der Waals surface area contributed by atoms with E-state index in [-0.39, 0.29) is 11.6 Å². The first-order valence-corrected chi connectivity index (χ1v) is 8.15. The highest BCUT2D eigenvalue weighted by Gasteiger charge is 2.11. The van der Waals surface area contributed by atoms with E-state index in [2.05, 4.69) is 15.5 Å². The van der Waals surface area contributed by atoms with Crippen molar-refractivity contribution in [3.63, 3.8) is 0 Å². The van der Waals surface area contributed by atoms with Gasteiger partial charge in [-0.15, -0.1) is 10.2 Å². The maximum Gasteiger partial charge on any atom is 0.338 e. The number of anilines is 1. The van der Waals surface area contributed by atoms with Crippen molar-refractivity contribution in [1.29, 1.82) is 0 Å². The lowest BCUT2D eigenvalue weighted by Gasteiger charge is -2.06. The van der Waals surface area contributed by atoms with Crippen LogP contribution >= 0.6 is 0 Å². The number of carbonyl (C=O) groups is 2. The van der Waals surface area contributed by atoms with E-state index in [9.17, 15) is 9.59 Å². The van der Waals surface area contributed by atoms with Gasteiger partial charge in [0, 0.05) is 11.3 Å². The lowest BCUT2D eigenvalue weighted by Crippen LogP contribution is -2.14. The molecule has 3 rings (SSSR count). The molecule has 6 heteroatoms. The quantitative estimate of drug-likeness (QED) is 0.714. The predicted molar refractivity (Wildman–Crippen MR) is 97.8 cm³/mol. The molecule has 0 fully saturated rings. The van der Waals surface area contributed by atoms with Gasteiger partial charge in [-0.25, -0.2) is 4.79 Å². The molecule has 0 radical (unpaired) electrons. The third kappa shape index (κ3) is 4.10. The zero-order valence-electron chi connectivity index (χ0n) is 14.2. The van der Waals surface area contributed by atoms with Crippen LogP contribution in [0.1, 0.15) is 27.8 Å². The van der Waals surface area contributed by atoms with E-state index in [0.717, 1.165) is 5.56 Å². The van der Waals surface area contributed by atoms with Crippen molar-refractivity contribution in [2.45, 2.75) is 6.92 Å². The Morgan fingerprint density at radius 3 is 2.27 bits per heavy atom. The molecule has 1 heterocycles. The summed E-state index contributed by atoms with van der Waals surface area (Å²) in [6.45, 7) is 2.06. The summed E-state index contributed by atoms with van der Waals surface area (Å²) in [5.74, 6) is -0.770. The molecule has 0 aliphatic heterocycles. The van der Waals surface area contributed by atoms with Crippen LogP contribution in [0.2, 0.25) is 0 Å². The van der Waals surface area contributed by atoms with Crippen LogP contribution in [0.25, 0.3) is 11.3 Å². The van der Waals surface area contributed by atoms with Gasteiger partial charge in [0.1, 0.15) is 0 Å². The Bertz CT molecular complexity index is 892. The lowest BCUT2D eigenvalue weighted by molar-refractivity contribution is 0.0526. The van der Waals surface area contributed by atoms with Crippen molar-refractivity contribution in [2.24, 2.45) is 0 Å². The fraction of sp³-hybridized carbons (Fsp3) is 0.100. The number of amides is 1. The molecular weight excluding hydrogens is 330 g/mol.